The van der Waals surface area contributed by atoms with Gasteiger partial charge in [0.25, 0.3) is 0 Å². The van der Waals surface area contributed by atoms with Gasteiger partial charge in [-0.1, -0.05) is 37.3 Å². The average molecular weight is 422 g/mol. The molecule has 1 aliphatic carbocycles. The van der Waals surface area contributed by atoms with Crippen LogP contribution in [0.4, 0.5) is 10.0 Å². The fourth-order valence-electron chi connectivity index (χ4n) is 4.08. The minimum atomic E-state index is -2.72. The zero-order valence-corrected chi connectivity index (χ0v) is 17.0. The third kappa shape index (κ3) is 2.93. The summed E-state index contributed by atoms with van der Waals surface area (Å²) in [4.78, 5) is 14.5. The Morgan fingerprint density at radius 3 is 2.54 bits per heavy atom. The number of thiophene rings is 1. The van der Waals surface area contributed by atoms with Crippen LogP contribution >= 0.6 is 11.3 Å². The highest BCUT2D eigenvalue weighted by molar-refractivity contribution is 7.81. The molecule has 1 saturated carbocycles. The molecule has 1 aromatic heterocycles. The number of hydrogen-bond donors (Lipinski definition) is 1. The second-order valence-electron chi connectivity index (χ2n) is 7.26. The first-order valence-electron chi connectivity index (χ1n) is 9.01. The van der Waals surface area contributed by atoms with Crippen molar-refractivity contribution in [2.75, 3.05) is 35.5 Å². The third-order valence-electron chi connectivity index (χ3n) is 5.76. The molecule has 1 aromatic carbocycles. The molecule has 9 heteroatoms. The Morgan fingerprint density at radius 1 is 1.25 bits per heavy atom. The summed E-state index contributed by atoms with van der Waals surface area (Å²) in [5.41, 5.74) is -1.52. The second-order valence-corrected chi connectivity index (χ2v) is 9.10. The fourth-order valence-corrected chi connectivity index (χ4v) is 6.22. The number of hydrogen-bond acceptors (Lipinski definition) is 6. The number of carbonyl (C=O) groups is 1. The van der Waals surface area contributed by atoms with Crippen LogP contribution in [0.3, 0.4) is 0 Å². The minimum Gasteiger partial charge on any atom is -0.755 e. The first-order valence-corrected chi connectivity index (χ1v) is 10.9. The molecule has 2 aliphatic rings. The number of ether oxygens (including phenoxy) is 1. The highest BCUT2D eigenvalue weighted by Crippen LogP contribution is 2.62. The van der Waals surface area contributed by atoms with Crippen LogP contribution in [0.2, 0.25) is 0 Å². The predicted molar refractivity (Wildman–Crippen MR) is 108 cm³/mol. The van der Waals surface area contributed by atoms with Gasteiger partial charge in [0.05, 0.1) is 18.2 Å². The number of nitrogens with zero attached hydrogens (tertiary/aromatic N) is 2. The molecule has 0 radical (unpaired) electrons. The minimum absolute atomic E-state index is 0.220. The van der Waals surface area contributed by atoms with E-state index in [1.807, 2.05) is 43.3 Å². The summed E-state index contributed by atoms with van der Waals surface area (Å²) in [7, 11) is 0. The number of carboxylic acid groups (broad SMARTS) is 1. The Labute approximate surface area is 170 Å². The van der Waals surface area contributed by atoms with Gasteiger partial charge < -0.3 is 19.3 Å². The van der Waals surface area contributed by atoms with E-state index in [0.717, 1.165) is 28.0 Å². The molecule has 0 bridgehead atoms. The van der Waals surface area contributed by atoms with Gasteiger partial charge in [-0.05, 0) is 24.1 Å². The van der Waals surface area contributed by atoms with Crippen LogP contribution in [0, 0.1) is 0 Å². The van der Waals surface area contributed by atoms with Crippen LogP contribution in [0.25, 0.3) is 0 Å². The van der Waals surface area contributed by atoms with Gasteiger partial charge in [0.1, 0.15) is 5.00 Å². The van der Waals surface area contributed by atoms with Crippen molar-refractivity contribution in [3.05, 3.63) is 48.0 Å². The van der Waals surface area contributed by atoms with Crippen LogP contribution < -0.4 is 9.21 Å². The summed E-state index contributed by atoms with van der Waals surface area (Å²) in [6, 6.07) is 12.8. The zero-order valence-electron chi connectivity index (χ0n) is 15.4. The SMILES string of the molecule is CC1(c2ccccc2)CC1(C(=O)O)N(c1ccc(N2CCOCC2)s1)S(=O)[O-]. The van der Waals surface area contributed by atoms with Crippen LogP contribution in [-0.4, -0.2) is 51.7 Å². The van der Waals surface area contributed by atoms with E-state index in [2.05, 4.69) is 4.90 Å². The van der Waals surface area contributed by atoms with Crippen molar-refractivity contribution in [2.45, 2.75) is 24.3 Å². The molecule has 150 valence electrons. The molecule has 2 heterocycles. The van der Waals surface area contributed by atoms with Gasteiger partial charge in [-0.3, -0.25) is 8.51 Å². The van der Waals surface area contributed by atoms with E-state index < -0.39 is 28.2 Å². The van der Waals surface area contributed by atoms with Gasteiger partial charge in [-0.25, -0.2) is 4.79 Å². The third-order valence-corrected chi connectivity index (χ3v) is 7.81. The summed E-state index contributed by atoms with van der Waals surface area (Å²) < 4.78 is 30.9. The maximum atomic E-state index is 12.4. The summed E-state index contributed by atoms with van der Waals surface area (Å²) in [6.45, 7) is 4.51. The van der Waals surface area contributed by atoms with E-state index in [0.29, 0.717) is 18.2 Å². The molecule has 3 atom stereocenters. The molecule has 1 aliphatic heterocycles. The van der Waals surface area contributed by atoms with Gasteiger partial charge in [0.15, 0.2) is 5.54 Å². The number of benzene rings is 1. The molecular formula is C19H21N2O5S2-. The molecule has 2 fully saturated rings. The van der Waals surface area contributed by atoms with Crippen LogP contribution in [0.1, 0.15) is 18.9 Å². The first-order chi connectivity index (χ1) is 13.4. The van der Waals surface area contributed by atoms with Crippen molar-refractivity contribution < 1.29 is 23.4 Å². The number of anilines is 2. The normalized spacial score (nSPS) is 28.0. The highest BCUT2D eigenvalue weighted by Gasteiger charge is 2.74. The molecule has 2 aromatic rings. The second kappa shape index (κ2) is 7.14. The van der Waals surface area contributed by atoms with Crippen LogP contribution in [0.15, 0.2) is 42.5 Å². The monoisotopic (exact) mass is 421 g/mol. The van der Waals surface area contributed by atoms with Crippen molar-refractivity contribution in [1.29, 1.82) is 0 Å². The van der Waals surface area contributed by atoms with Crippen molar-refractivity contribution in [1.82, 2.24) is 0 Å². The number of morpholine rings is 1. The maximum absolute atomic E-state index is 12.4. The Morgan fingerprint density at radius 2 is 1.93 bits per heavy atom. The van der Waals surface area contributed by atoms with Gasteiger partial charge in [-0.15, -0.1) is 11.3 Å². The van der Waals surface area contributed by atoms with Gasteiger partial charge in [-0.2, -0.15) is 0 Å². The predicted octanol–water partition coefficient (Wildman–Crippen LogP) is 2.37. The van der Waals surface area contributed by atoms with Crippen molar-refractivity contribution >= 4 is 38.6 Å². The summed E-state index contributed by atoms with van der Waals surface area (Å²) in [5.74, 6) is -1.13. The molecule has 1 saturated heterocycles. The molecule has 1 N–H and O–H groups in total. The molecule has 0 amide bonds. The molecule has 3 unspecified atom stereocenters. The summed E-state index contributed by atoms with van der Waals surface area (Å²) >= 11 is -1.43. The highest BCUT2D eigenvalue weighted by atomic mass is 32.2. The Balaban J connectivity index is 1.72. The number of carboxylic acids is 1. The molecule has 4 rings (SSSR count). The fraction of sp³-hybridized carbons (Fsp3) is 0.421. The van der Waals surface area contributed by atoms with E-state index in [-0.39, 0.29) is 6.42 Å². The van der Waals surface area contributed by atoms with E-state index in [1.54, 1.807) is 6.07 Å². The van der Waals surface area contributed by atoms with Crippen LogP contribution in [-0.2, 0) is 26.2 Å². The smallest absolute Gasteiger partial charge is 0.331 e. The van der Waals surface area contributed by atoms with Crippen LogP contribution in [0.5, 0.6) is 0 Å². The molecule has 0 spiro atoms. The lowest BCUT2D eigenvalue weighted by Gasteiger charge is -2.34. The van der Waals surface area contributed by atoms with Gasteiger partial charge >= 0.3 is 5.97 Å². The first kappa shape index (κ1) is 19.4. The van der Waals surface area contributed by atoms with E-state index >= 15 is 0 Å². The quantitative estimate of drug-likeness (QED) is 0.720. The van der Waals surface area contributed by atoms with Gasteiger partial charge in [0, 0.05) is 29.8 Å². The lowest BCUT2D eigenvalue weighted by Crippen LogP contribution is -2.49. The zero-order chi connectivity index (χ0) is 19.9. The summed E-state index contributed by atoms with van der Waals surface area (Å²) in [6.07, 6.45) is 0.220. The standard InChI is InChI=1S/C19H22N2O5S2/c1-18(14-5-3-2-4-6-14)13-19(18,17(22)23)21(28(24)25)16-8-7-15(27-16)20-9-11-26-12-10-20/h2-8H,9-13H2,1H3,(H,22,23)(H,24,25)/p-1. The molecular weight excluding hydrogens is 400 g/mol. The average Bonchev–Trinajstić information content (AvgIpc) is 3.08. The Hall–Kier alpha value is -1.94. The van der Waals surface area contributed by atoms with E-state index in [9.17, 15) is 18.7 Å². The summed E-state index contributed by atoms with van der Waals surface area (Å²) in [5, 5.41) is 11.4. The molecule has 28 heavy (non-hydrogen) atoms. The van der Waals surface area contributed by atoms with Crippen molar-refractivity contribution in [3.8, 4) is 0 Å². The topological polar surface area (TPSA) is 93.1 Å². The number of rotatable bonds is 6. The maximum Gasteiger partial charge on any atom is 0.331 e. The molecule has 7 nitrogen and oxygen atoms in total. The van der Waals surface area contributed by atoms with Crippen molar-refractivity contribution in [3.63, 3.8) is 0 Å². The van der Waals surface area contributed by atoms with Crippen molar-refractivity contribution in [2.24, 2.45) is 0 Å². The lowest BCUT2D eigenvalue weighted by molar-refractivity contribution is -0.139. The Kier molecular flexibility index (Phi) is 4.95. The van der Waals surface area contributed by atoms with Gasteiger partial charge in [0.2, 0.25) is 0 Å². The van der Waals surface area contributed by atoms with E-state index in [4.69, 9.17) is 4.74 Å². The lowest BCUT2D eigenvalue weighted by atomic mass is 9.92. The van der Waals surface area contributed by atoms with E-state index in [1.165, 1.54) is 11.3 Å². The Bertz CT molecular complexity index is 899. The largest absolute Gasteiger partial charge is 0.755 e. The number of aliphatic carboxylic acids is 1.